The number of hydrogen-bond donors (Lipinski definition) is 2. The zero-order valence-corrected chi connectivity index (χ0v) is 15.1. The second kappa shape index (κ2) is 8.80. The minimum Gasteiger partial charge on any atom is -0.372 e. The van der Waals surface area contributed by atoms with Crippen LogP contribution in [0.2, 0.25) is 0 Å². The average Bonchev–Trinajstić information content (AvgIpc) is 3.16. The van der Waals surface area contributed by atoms with Gasteiger partial charge in [-0.2, -0.15) is 5.10 Å². The van der Waals surface area contributed by atoms with Gasteiger partial charge in [-0.15, -0.1) is 0 Å². The normalized spacial score (nSPS) is 17.1. The highest BCUT2D eigenvalue weighted by Crippen LogP contribution is 2.17. The molecule has 1 unspecified atom stereocenters. The highest BCUT2D eigenvalue weighted by atomic mass is 19.1. The Kier molecular flexibility index (Phi) is 6.22. The lowest BCUT2D eigenvalue weighted by molar-refractivity contribution is 0.0947. The first-order chi connectivity index (χ1) is 12.6. The van der Waals surface area contributed by atoms with Crippen LogP contribution in [-0.2, 0) is 0 Å². The SMILES string of the molecule is CN(CCCNC(=O)c1ccn(C2CCCNC2)n1)c1ccccc1F. The van der Waals surface area contributed by atoms with Crippen molar-refractivity contribution in [1.29, 1.82) is 0 Å². The van der Waals surface area contributed by atoms with E-state index in [1.807, 2.05) is 28.9 Å². The second-order valence-electron chi connectivity index (χ2n) is 6.66. The quantitative estimate of drug-likeness (QED) is 0.744. The summed E-state index contributed by atoms with van der Waals surface area (Å²) in [6, 6.07) is 8.77. The van der Waals surface area contributed by atoms with Gasteiger partial charge in [0.2, 0.25) is 0 Å². The lowest BCUT2D eigenvalue weighted by Gasteiger charge is -2.22. The third-order valence-electron chi connectivity index (χ3n) is 4.71. The molecule has 26 heavy (non-hydrogen) atoms. The first-order valence-electron chi connectivity index (χ1n) is 9.15. The number of amides is 1. The molecule has 0 saturated carbocycles. The summed E-state index contributed by atoms with van der Waals surface area (Å²) in [7, 11) is 1.85. The zero-order valence-electron chi connectivity index (χ0n) is 15.1. The highest BCUT2D eigenvalue weighted by molar-refractivity contribution is 5.92. The van der Waals surface area contributed by atoms with Crippen LogP contribution in [0.15, 0.2) is 36.5 Å². The fraction of sp³-hybridized carbons (Fsp3) is 0.474. The summed E-state index contributed by atoms with van der Waals surface area (Å²) in [6.07, 6.45) is 4.81. The van der Waals surface area contributed by atoms with Crippen LogP contribution >= 0.6 is 0 Å². The Morgan fingerprint density at radius 1 is 1.42 bits per heavy atom. The van der Waals surface area contributed by atoms with Crippen molar-refractivity contribution in [3.8, 4) is 0 Å². The zero-order chi connectivity index (χ0) is 18.4. The third kappa shape index (κ3) is 4.60. The fourth-order valence-corrected chi connectivity index (χ4v) is 3.21. The van der Waals surface area contributed by atoms with E-state index in [1.165, 1.54) is 6.07 Å². The van der Waals surface area contributed by atoms with Gasteiger partial charge in [-0.25, -0.2) is 4.39 Å². The molecule has 0 bridgehead atoms. The lowest BCUT2D eigenvalue weighted by Crippen LogP contribution is -2.32. The van der Waals surface area contributed by atoms with Crippen molar-refractivity contribution in [3.63, 3.8) is 0 Å². The van der Waals surface area contributed by atoms with Crippen molar-refractivity contribution in [1.82, 2.24) is 20.4 Å². The molecule has 1 aromatic carbocycles. The minimum absolute atomic E-state index is 0.166. The summed E-state index contributed by atoms with van der Waals surface area (Å²) in [5.41, 5.74) is 1.01. The summed E-state index contributed by atoms with van der Waals surface area (Å²) in [6.45, 7) is 3.12. The van der Waals surface area contributed by atoms with Crippen LogP contribution in [0.5, 0.6) is 0 Å². The van der Waals surface area contributed by atoms with Crippen LogP contribution in [0, 0.1) is 5.82 Å². The number of anilines is 1. The van der Waals surface area contributed by atoms with E-state index in [-0.39, 0.29) is 11.7 Å². The molecule has 0 aliphatic carbocycles. The van der Waals surface area contributed by atoms with Gasteiger partial charge in [-0.1, -0.05) is 12.1 Å². The molecule has 6 nitrogen and oxygen atoms in total. The Hall–Kier alpha value is -2.41. The first kappa shape index (κ1) is 18.4. The number of carbonyl (C=O) groups is 1. The molecule has 3 rings (SSSR count). The molecular weight excluding hydrogens is 333 g/mol. The molecule has 1 amide bonds. The number of nitrogens with zero attached hydrogens (tertiary/aromatic N) is 3. The van der Waals surface area contributed by atoms with E-state index in [2.05, 4.69) is 15.7 Å². The predicted molar refractivity (Wildman–Crippen MR) is 100.0 cm³/mol. The third-order valence-corrected chi connectivity index (χ3v) is 4.71. The smallest absolute Gasteiger partial charge is 0.271 e. The van der Waals surface area contributed by atoms with E-state index in [0.29, 0.717) is 30.5 Å². The van der Waals surface area contributed by atoms with Gasteiger partial charge in [0.15, 0.2) is 0 Å². The molecule has 2 N–H and O–H groups in total. The number of carbonyl (C=O) groups excluding carboxylic acids is 1. The van der Waals surface area contributed by atoms with Gasteiger partial charge in [0, 0.05) is 32.9 Å². The maximum atomic E-state index is 13.7. The largest absolute Gasteiger partial charge is 0.372 e. The number of piperidine rings is 1. The van der Waals surface area contributed by atoms with Crippen LogP contribution in [0.4, 0.5) is 10.1 Å². The molecule has 2 heterocycles. The van der Waals surface area contributed by atoms with Gasteiger partial charge in [0.1, 0.15) is 11.5 Å². The standard InChI is InChI=1S/C19H26FN5O/c1-24(18-8-3-2-7-16(18)20)12-5-11-22-19(26)17-9-13-25(23-17)15-6-4-10-21-14-15/h2-3,7-9,13,15,21H,4-6,10-12,14H2,1H3,(H,22,26). The van der Waals surface area contributed by atoms with Gasteiger partial charge in [-0.3, -0.25) is 9.48 Å². The van der Waals surface area contributed by atoms with E-state index in [0.717, 1.165) is 32.4 Å². The van der Waals surface area contributed by atoms with Gasteiger partial charge >= 0.3 is 0 Å². The van der Waals surface area contributed by atoms with E-state index in [9.17, 15) is 9.18 Å². The summed E-state index contributed by atoms with van der Waals surface area (Å²) >= 11 is 0. The van der Waals surface area contributed by atoms with Crippen molar-refractivity contribution in [2.75, 3.05) is 38.1 Å². The maximum Gasteiger partial charge on any atom is 0.271 e. The summed E-state index contributed by atoms with van der Waals surface area (Å²) < 4.78 is 15.6. The number of hydrogen-bond acceptors (Lipinski definition) is 4. The summed E-state index contributed by atoms with van der Waals surface area (Å²) in [5.74, 6) is -0.400. The van der Waals surface area contributed by atoms with Gasteiger partial charge in [-0.05, 0) is 44.0 Å². The highest BCUT2D eigenvalue weighted by Gasteiger charge is 2.17. The summed E-state index contributed by atoms with van der Waals surface area (Å²) in [4.78, 5) is 14.1. The Labute approximate surface area is 153 Å². The molecule has 1 fully saturated rings. The summed E-state index contributed by atoms with van der Waals surface area (Å²) in [5, 5.41) is 10.6. The molecule has 7 heteroatoms. The minimum atomic E-state index is -0.234. The number of nitrogens with one attached hydrogen (secondary N) is 2. The van der Waals surface area contributed by atoms with Gasteiger partial charge in [0.05, 0.1) is 11.7 Å². The van der Waals surface area contributed by atoms with Crippen molar-refractivity contribution in [2.24, 2.45) is 0 Å². The Balaban J connectivity index is 1.43. The first-order valence-corrected chi connectivity index (χ1v) is 9.15. The Morgan fingerprint density at radius 3 is 3.04 bits per heavy atom. The van der Waals surface area contributed by atoms with E-state index >= 15 is 0 Å². The average molecular weight is 359 g/mol. The van der Waals surface area contributed by atoms with Crippen molar-refractivity contribution in [2.45, 2.75) is 25.3 Å². The predicted octanol–water partition coefficient (Wildman–Crippen LogP) is 2.20. The van der Waals surface area contributed by atoms with E-state index in [1.54, 1.807) is 18.2 Å². The van der Waals surface area contributed by atoms with Crippen molar-refractivity contribution >= 4 is 11.6 Å². The molecule has 1 aromatic heterocycles. The second-order valence-corrected chi connectivity index (χ2v) is 6.66. The number of rotatable bonds is 7. The molecule has 2 aromatic rings. The molecule has 0 radical (unpaired) electrons. The molecule has 1 aliphatic rings. The molecule has 1 aliphatic heterocycles. The van der Waals surface area contributed by atoms with E-state index < -0.39 is 0 Å². The van der Waals surface area contributed by atoms with Crippen LogP contribution in [0.3, 0.4) is 0 Å². The van der Waals surface area contributed by atoms with Gasteiger partial charge < -0.3 is 15.5 Å². The molecule has 140 valence electrons. The number of halogens is 1. The van der Waals surface area contributed by atoms with E-state index in [4.69, 9.17) is 0 Å². The Morgan fingerprint density at radius 2 is 2.27 bits per heavy atom. The van der Waals surface area contributed by atoms with Crippen LogP contribution < -0.4 is 15.5 Å². The monoisotopic (exact) mass is 359 g/mol. The lowest BCUT2D eigenvalue weighted by atomic mass is 10.1. The van der Waals surface area contributed by atoms with Crippen LogP contribution in [0.1, 0.15) is 35.8 Å². The van der Waals surface area contributed by atoms with Gasteiger partial charge in [0.25, 0.3) is 5.91 Å². The number of para-hydroxylation sites is 1. The van der Waals surface area contributed by atoms with Crippen LogP contribution in [0.25, 0.3) is 0 Å². The number of benzene rings is 1. The Bertz CT molecular complexity index is 726. The number of aromatic nitrogens is 2. The molecule has 1 saturated heterocycles. The molecule has 1 atom stereocenters. The fourth-order valence-electron chi connectivity index (χ4n) is 3.21. The molecule has 0 spiro atoms. The van der Waals surface area contributed by atoms with Crippen LogP contribution in [-0.4, -0.2) is 48.9 Å². The van der Waals surface area contributed by atoms with Crippen molar-refractivity contribution < 1.29 is 9.18 Å². The topological polar surface area (TPSA) is 62.2 Å². The molecular formula is C19H26FN5O. The maximum absolute atomic E-state index is 13.7. The van der Waals surface area contributed by atoms with Crippen molar-refractivity contribution in [3.05, 3.63) is 48.0 Å².